The van der Waals surface area contributed by atoms with E-state index in [1.165, 1.54) is 0 Å². The number of unbranched alkanes of at least 4 members (excludes halogenated alkanes) is 1. The Morgan fingerprint density at radius 2 is 2.26 bits per heavy atom. The first kappa shape index (κ1) is 13.7. The minimum absolute atomic E-state index is 0.00449. The van der Waals surface area contributed by atoms with Crippen LogP contribution in [-0.2, 0) is 0 Å². The third-order valence-electron chi connectivity index (χ3n) is 3.45. The summed E-state index contributed by atoms with van der Waals surface area (Å²) in [6.07, 6.45) is 2.95. The lowest BCUT2D eigenvalue weighted by Gasteiger charge is -2.28. The minimum Gasteiger partial charge on any atom is -0.493 e. The molecule has 0 spiro atoms. The molecule has 0 aromatic heterocycles. The number of carbonyl (C=O) groups excluding carboxylic acids is 1. The topological polar surface area (TPSA) is 41.6 Å². The number of hydrogen-bond donors (Lipinski definition) is 1. The Bertz CT molecular complexity index is 434. The number of nitrogens with zero attached hydrogens (tertiary/aromatic N) is 1. The van der Waals surface area contributed by atoms with E-state index in [0.717, 1.165) is 37.1 Å². The molecule has 0 bridgehead atoms. The molecule has 2 amide bonds. The van der Waals surface area contributed by atoms with Crippen molar-refractivity contribution in [3.8, 4) is 5.75 Å². The molecule has 1 aliphatic rings. The predicted octanol–water partition coefficient (Wildman–Crippen LogP) is 2.95. The van der Waals surface area contributed by atoms with Gasteiger partial charge >= 0.3 is 6.03 Å². The summed E-state index contributed by atoms with van der Waals surface area (Å²) in [6, 6.07) is 7.96. The molecule has 1 atom stereocenters. The van der Waals surface area contributed by atoms with Gasteiger partial charge in [0.1, 0.15) is 5.75 Å². The first-order chi connectivity index (χ1) is 9.22. The van der Waals surface area contributed by atoms with Crippen LogP contribution in [0, 0.1) is 0 Å². The van der Waals surface area contributed by atoms with Crippen LogP contribution in [0.25, 0.3) is 0 Å². The molecule has 0 saturated carbocycles. The van der Waals surface area contributed by atoms with Crippen molar-refractivity contribution in [1.82, 2.24) is 10.2 Å². The van der Waals surface area contributed by atoms with Crippen molar-refractivity contribution >= 4 is 6.03 Å². The summed E-state index contributed by atoms with van der Waals surface area (Å²) in [4.78, 5) is 13.9. The van der Waals surface area contributed by atoms with Gasteiger partial charge in [-0.15, -0.1) is 0 Å². The molecule has 1 N–H and O–H groups in total. The first-order valence-electron chi connectivity index (χ1n) is 6.95. The van der Waals surface area contributed by atoms with Crippen molar-refractivity contribution in [3.05, 3.63) is 29.8 Å². The summed E-state index contributed by atoms with van der Waals surface area (Å²) in [5, 5.41) is 3.09. The Morgan fingerprint density at radius 3 is 3.05 bits per heavy atom. The number of nitrogens with one attached hydrogen (secondary N) is 1. The fourth-order valence-corrected chi connectivity index (χ4v) is 2.25. The summed E-state index contributed by atoms with van der Waals surface area (Å²) in [7, 11) is 1.84. The molecular weight excluding hydrogens is 240 g/mol. The van der Waals surface area contributed by atoms with E-state index in [1.807, 2.05) is 31.3 Å². The molecule has 1 aromatic rings. The molecular formula is C15H22N2O2. The number of urea groups is 1. The maximum absolute atomic E-state index is 12.1. The van der Waals surface area contributed by atoms with Crippen LogP contribution in [0.4, 0.5) is 4.79 Å². The van der Waals surface area contributed by atoms with Crippen molar-refractivity contribution < 1.29 is 9.53 Å². The van der Waals surface area contributed by atoms with E-state index in [4.69, 9.17) is 4.74 Å². The van der Waals surface area contributed by atoms with Crippen molar-refractivity contribution in [3.63, 3.8) is 0 Å². The van der Waals surface area contributed by atoms with Gasteiger partial charge in [-0.3, -0.25) is 0 Å². The van der Waals surface area contributed by atoms with Gasteiger partial charge in [0.05, 0.1) is 12.6 Å². The van der Waals surface area contributed by atoms with Gasteiger partial charge in [0, 0.05) is 25.6 Å². The van der Waals surface area contributed by atoms with Crippen LogP contribution in [0.5, 0.6) is 5.75 Å². The zero-order chi connectivity index (χ0) is 13.7. The second kappa shape index (κ2) is 6.45. The normalized spacial score (nSPS) is 17.3. The summed E-state index contributed by atoms with van der Waals surface area (Å²) in [5.41, 5.74) is 1.07. The number of ether oxygens (including phenoxy) is 1. The van der Waals surface area contributed by atoms with E-state index in [2.05, 4.69) is 12.2 Å². The van der Waals surface area contributed by atoms with E-state index in [1.54, 1.807) is 4.90 Å². The smallest absolute Gasteiger partial charge is 0.317 e. The molecule has 1 aromatic carbocycles. The fourth-order valence-electron chi connectivity index (χ4n) is 2.25. The predicted molar refractivity (Wildman–Crippen MR) is 75.4 cm³/mol. The molecule has 4 nitrogen and oxygen atoms in total. The van der Waals surface area contributed by atoms with E-state index >= 15 is 0 Å². The van der Waals surface area contributed by atoms with E-state index in [9.17, 15) is 4.79 Å². The highest BCUT2D eigenvalue weighted by atomic mass is 16.5. The number of carbonyl (C=O) groups is 1. The van der Waals surface area contributed by atoms with Gasteiger partial charge in [-0.2, -0.15) is 0 Å². The third-order valence-corrected chi connectivity index (χ3v) is 3.45. The molecule has 0 fully saturated rings. The van der Waals surface area contributed by atoms with Crippen LogP contribution >= 0.6 is 0 Å². The Labute approximate surface area is 114 Å². The lowest BCUT2D eigenvalue weighted by atomic mass is 10.0. The van der Waals surface area contributed by atoms with Gasteiger partial charge in [-0.1, -0.05) is 31.5 Å². The van der Waals surface area contributed by atoms with Gasteiger partial charge in [-0.05, 0) is 12.5 Å². The molecule has 104 valence electrons. The van der Waals surface area contributed by atoms with Crippen molar-refractivity contribution in [1.29, 1.82) is 0 Å². The van der Waals surface area contributed by atoms with Gasteiger partial charge in [0.25, 0.3) is 0 Å². The number of rotatable bonds is 4. The summed E-state index contributed by atoms with van der Waals surface area (Å²) >= 11 is 0. The minimum atomic E-state index is -0.00449. The summed E-state index contributed by atoms with van der Waals surface area (Å²) in [6.45, 7) is 3.58. The molecule has 0 saturated heterocycles. The zero-order valence-electron chi connectivity index (χ0n) is 11.7. The number of hydrogen-bond acceptors (Lipinski definition) is 2. The van der Waals surface area contributed by atoms with E-state index in [-0.39, 0.29) is 12.1 Å². The molecule has 2 rings (SSSR count). The lowest BCUT2D eigenvalue weighted by molar-refractivity contribution is 0.195. The average Bonchev–Trinajstić information content (AvgIpc) is 2.45. The van der Waals surface area contributed by atoms with E-state index in [0.29, 0.717) is 6.61 Å². The number of benzene rings is 1. The van der Waals surface area contributed by atoms with Gasteiger partial charge in [0.2, 0.25) is 0 Å². The zero-order valence-corrected chi connectivity index (χ0v) is 11.7. The molecule has 4 heteroatoms. The Morgan fingerprint density at radius 1 is 1.47 bits per heavy atom. The second-order valence-corrected chi connectivity index (χ2v) is 4.95. The van der Waals surface area contributed by atoms with Gasteiger partial charge in [0.15, 0.2) is 0 Å². The molecule has 1 heterocycles. The molecule has 0 aliphatic carbocycles. The average molecular weight is 262 g/mol. The number of amides is 2. The SMILES string of the molecule is CCCCN(C)C(=O)NC1CCOc2ccccc21. The second-order valence-electron chi connectivity index (χ2n) is 4.95. The van der Waals surface area contributed by atoms with Crippen LogP contribution in [0.1, 0.15) is 37.8 Å². The van der Waals surface area contributed by atoms with E-state index < -0.39 is 0 Å². The standard InChI is InChI=1S/C15H22N2O2/c1-3-4-10-17(2)15(18)16-13-9-11-19-14-8-6-5-7-12(13)14/h5-8,13H,3-4,9-11H2,1-2H3,(H,16,18). The molecule has 1 unspecified atom stereocenters. The van der Waals surface area contributed by atoms with Gasteiger partial charge in [-0.25, -0.2) is 4.79 Å². The highest BCUT2D eigenvalue weighted by Crippen LogP contribution is 2.31. The van der Waals surface area contributed by atoms with Crippen LogP contribution in [0.15, 0.2) is 24.3 Å². The summed E-state index contributed by atoms with van der Waals surface area (Å²) < 4.78 is 5.60. The highest BCUT2D eigenvalue weighted by molar-refractivity contribution is 5.74. The number of para-hydroxylation sites is 1. The van der Waals surface area contributed by atoms with Crippen LogP contribution in [-0.4, -0.2) is 31.1 Å². The largest absolute Gasteiger partial charge is 0.493 e. The van der Waals surface area contributed by atoms with Crippen molar-refractivity contribution in [2.75, 3.05) is 20.2 Å². The molecule has 19 heavy (non-hydrogen) atoms. The van der Waals surface area contributed by atoms with Crippen molar-refractivity contribution in [2.24, 2.45) is 0 Å². The molecule has 0 radical (unpaired) electrons. The Hall–Kier alpha value is -1.71. The van der Waals surface area contributed by atoms with Crippen LogP contribution < -0.4 is 10.1 Å². The highest BCUT2D eigenvalue weighted by Gasteiger charge is 2.23. The first-order valence-corrected chi connectivity index (χ1v) is 6.95. The number of fused-ring (bicyclic) bond motifs is 1. The van der Waals surface area contributed by atoms with Crippen LogP contribution in [0.3, 0.4) is 0 Å². The lowest BCUT2D eigenvalue weighted by Crippen LogP contribution is -2.41. The molecule has 1 aliphatic heterocycles. The quantitative estimate of drug-likeness (QED) is 0.906. The van der Waals surface area contributed by atoms with Crippen LogP contribution in [0.2, 0.25) is 0 Å². The van der Waals surface area contributed by atoms with Crippen molar-refractivity contribution in [2.45, 2.75) is 32.2 Å². The Balaban J connectivity index is 1.98. The van der Waals surface area contributed by atoms with Gasteiger partial charge < -0.3 is 15.0 Å². The Kier molecular flexibility index (Phi) is 4.66. The maximum atomic E-state index is 12.1. The maximum Gasteiger partial charge on any atom is 0.317 e. The monoisotopic (exact) mass is 262 g/mol. The summed E-state index contributed by atoms with van der Waals surface area (Å²) in [5.74, 6) is 0.885. The third kappa shape index (κ3) is 3.40. The fraction of sp³-hybridized carbons (Fsp3) is 0.533.